The monoisotopic (exact) mass is 217 g/mol. The predicted octanol–water partition coefficient (Wildman–Crippen LogP) is 2.00. The number of hydrogen-bond acceptors (Lipinski definition) is 3. The van der Waals surface area contributed by atoms with Gasteiger partial charge in [0, 0.05) is 25.0 Å². The lowest BCUT2D eigenvalue weighted by molar-refractivity contribution is 0.0975. The van der Waals surface area contributed by atoms with Crippen molar-refractivity contribution in [2.45, 2.75) is 26.3 Å². The van der Waals surface area contributed by atoms with Gasteiger partial charge in [0.2, 0.25) is 0 Å². The smallest absolute Gasteiger partial charge is 0.0488 e. The van der Waals surface area contributed by atoms with Gasteiger partial charge in [0.05, 0.1) is 0 Å². The van der Waals surface area contributed by atoms with Gasteiger partial charge < -0.3 is 10.1 Å². The molecule has 84 valence electrons. The van der Waals surface area contributed by atoms with Gasteiger partial charge in [-0.25, -0.2) is 0 Å². The molecule has 1 aliphatic rings. The van der Waals surface area contributed by atoms with E-state index >= 15 is 0 Å². The molecule has 2 nitrogen and oxygen atoms in total. The lowest BCUT2D eigenvalue weighted by Gasteiger charge is -2.18. The van der Waals surface area contributed by atoms with Gasteiger partial charge in [-0.15, -0.1) is 0 Å². The molecule has 1 fully saturated rings. The molecule has 1 heterocycles. The molecule has 0 aliphatic carbocycles. The summed E-state index contributed by atoms with van der Waals surface area (Å²) >= 11 is 2.06. The van der Waals surface area contributed by atoms with E-state index in [0.717, 1.165) is 19.1 Å². The third kappa shape index (κ3) is 4.20. The molecular weight excluding hydrogens is 194 g/mol. The summed E-state index contributed by atoms with van der Waals surface area (Å²) in [6.45, 7) is 6.23. The van der Waals surface area contributed by atoms with Gasteiger partial charge in [-0.2, -0.15) is 11.8 Å². The third-order valence-corrected chi connectivity index (χ3v) is 3.91. The molecule has 0 aromatic carbocycles. The van der Waals surface area contributed by atoms with E-state index < -0.39 is 0 Å². The Bertz CT molecular complexity index is 152. The van der Waals surface area contributed by atoms with Gasteiger partial charge in [-0.1, -0.05) is 13.8 Å². The Kier molecular flexibility index (Phi) is 5.90. The van der Waals surface area contributed by atoms with Gasteiger partial charge in [0.1, 0.15) is 0 Å². The summed E-state index contributed by atoms with van der Waals surface area (Å²) < 4.78 is 5.61. The zero-order chi connectivity index (χ0) is 10.4. The standard InChI is InChI=1S/C11H23NOS/c1-9(2)6-13-5-4-10-7-14-8-11(10)12-3/h9-12H,4-8H2,1-3H3. The molecule has 0 saturated carbocycles. The van der Waals surface area contributed by atoms with Crippen LogP contribution in [0.4, 0.5) is 0 Å². The first-order valence-electron chi connectivity index (χ1n) is 5.56. The Labute approximate surface area is 92.2 Å². The van der Waals surface area contributed by atoms with Crippen LogP contribution in [0.25, 0.3) is 0 Å². The summed E-state index contributed by atoms with van der Waals surface area (Å²) in [7, 11) is 2.07. The maximum atomic E-state index is 5.61. The van der Waals surface area contributed by atoms with Crippen LogP contribution in [0.15, 0.2) is 0 Å². The molecule has 0 amide bonds. The molecule has 1 rings (SSSR count). The van der Waals surface area contributed by atoms with Crippen LogP contribution in [-0.4, -0.2) is 37.8 Å². The molecule has 2 unspecified atom stereocenters. The zero-order valence-corrected chi connectivity index (χ0v) is 10.4. The quantitative estimate of drug-likeness (QED) is 0.688. The minimum atomic E-state index is 0.660. The summed E-state index contributed by atoms with van der Waals surface area (Å²) in [6, 6.07) is 0.711. The van der Waals surface area contributed by atoms with Crippen molar-refractivity contribution >= 4 is 11.8 Å². The van der Waals surface area contributed by atoms with Crippen molar-refractivity contribution in [1.29, 1.82) is 0 Å². The Morgan fingerprint density at radius 1 is 1.43 bits per heavy atom. The van der Waals surface area contributed by atoms with E-state index in [1.54, 1.807) is 0 Å². The molecule has 1 aliphatic heterocycles. The summed E-state index contributed by atoms with van der Waals surface area (Å²) in [4.78, 5) is 0. The van der Waals surface area contributed by atoms with E-state index in [1.807, 2.05) is 0 Å². The highest BCUT2D eigenvalue weighted by Crippen LogP contribution is 2.26. The van der Waals surface area contributed by atoms with Gasteiger partial charge in [-0.3, -0.25) is 0 Å². The van der Waals surface area contributed by atoms with Gasteiger partial charge in [0.25, 0.3) is 0 Å². The highest BCUT2D eigenvalue weighted by atomic mass is 32.2. The zero-order valence-electron chi connectivity index (χ0n) is 9.58. The minimum absolute atomic E-state index is 0.660. The molecular formula is C11H23NOS. The minimum Gasteiger partial charge on any atom is -0.381 e. The highest BCUT2D eigenvalue weighted by molar-refractivity contribution is 7.99. The molecule has 14 heavy (non-hydrogen) atoms. The third-order valence-electron chi connectivity index (χ3n) is 2.65. The number of ether oxygens (including phenoxy) is 1. The number of thioether (sulfide) groups is 1. The van der Waals surface area contributed by atoms with Gasteiger partial charge >= 0.3 is 0 Å². The van der Waals surface area contributed by atoms with Crippen LogP contribution >= 0.6 is 11.8 Å². The normalized spacial score (nSPS) is 27.4. The molecule has 2 atom stereocenters. The van der Waals surface area contributed by atoms with Crippen LogP contribution in [-0.2, 0) is 4.74 Å². The molecule has 0 aromatic heterocycles. The summed E-state index contributed by atoms with van der Waals surface area (Å²) in [5.41, 5.74) is 0. The molecule has 3 heteroatoms. The van der Waals surface area contributed by atoms with Crippen molar-refractivity contribution in [2.24, 2.45) is 11.8 Å². The van der Waals surface area contributed by atoms with Crippen molar-refractivity contribution in [2.75, 3.05) is 31.8 Å². The van der Waals surface area contributed by atoms with Crippen LogP contribution < -0.4 is 5.32 Å². The molecule has 0 aromatic rings. The summed E-state index contributed by atoms with van der Waals surface area (Å²) in [5, 5.41) is 3.39. The van der Waals surface area contributed by atoms with E-state index in [4.69, 9.17) is 4.74 Å². The SMILES string of the molecule is CNC1CSCC1CCOCC(C)C. The number of nitrogens with one attached hydrogen (secondary N) is 1. The Balaban J connectivity index is 2.05. The van der Waals surface area contributed by atoms with Crippen LogP contribution in [0.5, 0.6) is 0 Å². The second-order valence-corrected chi connectivity index (χ2v) is 5.53. The first kappa shape index (κ1) is 12.3. The Morgan fingerprint density at radius 2 is 2.21 bits per heavy atom. The molecule has 0 spiro atoms. The summed E-state index contributed by atoms with van der Waals surface area (Å²) in [6.07, 6.45) is 1.21. The van der Waals surface area contributed by atoms with Crippen LogP contribution in [0.1, 0.15) is 20.3 Å². The molecule has 0 bridgehead atoms. The van der Waals surface area contributed by atoms with E-state index in [9.17, 15) is 0 Å². The van der Waals surface area contributed by atoms with Crippen LogP contribution in [0.2, 0.25) is 0 Å². The van der Waals surface area contributed by atoms with Crippen molar-refractivity contribution in [3.05, 3.63) is 0 Å². The topological polar surface area (TPSA) is 21.3 Å². The van der Waals surface area contributed by atoms with Crippen LogP contribution in [0.3, 0.4) is 0 Å². The van der Waals surface area contributed by atoms with E-state index in [2.05, 4.69) is 38.0 Å². The second-order valence-electron chi connectivity index (χ2n) is 4.45. The van der Waals surface area contributed by atoms with Gasteiger partial charge in [0.15, 0.2) is 0 Å². The van der Waals surface area contributed by atoms with Crippen molar-refractivity contribution in [1.82, 2.24) is 5.32 Å². The lowest BCUT2D eigenvalue weighted by Crippen LogP contribution is -2.32. The lowest BCUT2D eigenvalue weighted by atomic mass is 10.0. The van der Waals surface area contributed by atoms with E-state index in [-0.39, 0.29) is 0 Å². The first-order chi connectivity index (χ1) is 6.74. The molecule has 1 N–H and O–H groups in total. The van der Waals surface area contributed by atoms with Crippen molar-refractivity contribution < 1.29 is 4.74 Å². The number of rotatable bonds is 6. The van der Waals surface area contributed by atoms with E-state index in [0.29, 0.717) is 12.0 Å². The number of hydrogen-bond donors (Lipinski definition) is 1. The average molecular weight is 217 g/mol. The Hall–Kier alpha value is 0.270. The summed E-state index contributed by atoms with van der Waals surface area (Å²) in [5.74, 6) is 4.05. The van der Waals surface area contributed by atoms with Gasteiger partial charge in [-0.05, 0) is 31.1 Å². The Morgan fingerprint density at radius 3 is 2.86 bits per heavy atom. The maximum absolute atomic E-state index is 5.61. The first-order valence-corrected chi connectivity index (χ1v) is 6.72. The fourth-order valence-electron chi connectivity index (χ4n) is 1.76. The molecule has 1 saturated heterocycles. The average Bonchev–Trinajstić information content (AvgIpc) is 2.59. The maximum Gasteiger partial charge on any atom is 0.0488 e. The van der Waals surface area contributed by atoms with Crippen molar-refractivity contribution in [3.63, 3.8) is 0 Å². The predicted molar refractivity (Wildman–Crippen MR) is 63.9 cm³/mol. The highest BCUT2D eigenvalue weighted by Gasteiger charge is 2.25. The second kappa shape index (κ2) is 6.70. The largest absolute Gasteiger partial charge is 0.381 e. The molecule has 0 radical (unpaired) electrons. The van der Waals surface area contributed by atoms with Crippen molar-refractivity contribution in [3.8, 4) is 0 Å². The van der Waals surface area contributed by atoms with E-state index in [1.165, 1.54) is 17.9 Å². The fraction of sp³-hybridized carbons (Fsp3) is 1.00. The van der Waals surface area contributed by atoms with Crippen LogP contribution in [0, 0.1) is 11.8 Å². The fourth-order valence-corrected chi connectivity index (χ4v) is 3.29.